The number of hydrogen-bond acceptors (Lipinski definition) is 4. The van der Waals surface area contributed by atoms with Crippen molar-refractivity contribution in [3.05, 3.63) is 11.8 Å². The summed E-state index contributed by atoms with van der Waals surface area (Å²) in [7, 11) is 0. The van der Waals surface area contributed by atoms with Crippen LogP contribution in [0.1, 0.15) is 20.3 Å². The highest BCUT2D eigenvalue weighted by Gasteiger charge is 1.96. The van der Waals surface area contributed by atoms with Gasteiger partial charge in [0.2, 0.25) is 0 Å². The zero-order chi connectivity index (χ0) is 10.1. The fourth-order valence-corrected chi connectivity index (χ4v) is 0.727. The van der Waals surface area contributed by atoms with Gasteiger partial charge in [0.1, 0.15) is 0 Å². The molecule has 0 heterocycles. The molecule has 0 aliphatic heterocycles. The molecule has 72 valence electrons. The maximum atomic E-state index is 10.9. The first-order chi connectivity index (χ1) is 6.20. The van der Waals surface area contributed by atoms with Gasteiger partial charge in [-0.1, -0.05) is 0 Å². The molecule has 0 aromatic heterocycles. The van der Waals surface area contributed by atoms with Gasteiger partial charge in [0.15, 0.2) is 0 Å². The van der Waals surface area contributed by atoms with Crippen LogP contribution in [0.5, 0.6) is 0 Å². The fourth-order valence-electron chi connectivity index (χ4n) is 0.727. The molecular formula is C9H14N2O2. The minimum Gasteiger partial charge on any atom is -0.463 e. The Labute approximate surface area is 78.2 Å². The summed E-state index contributed by atoms with van der Waals surface area (Å²) in [4.78, 5) is 10.9. The van der Waals surface area contributed by atoms with E-state index in [0.717, 1.165) is 0 Å². The molecule has 0 saturated carbocycles. The summed E-state index contributed by atoms with van der Waals surface area (Å²) in [6, 6.07) is 2.00. The molecule has 0 saturated heterocycles. The highest BCUT2D eigenvalue weighted by Crippen LogP contribution is 1.89. The van der Waals surface area contributed by atoms with E-state index in [-0.39, 0.29) is 5.97 Å². The Kier molecular flexibility index (Phi) is 6.34. The van der Waals surface area contributed by atoms with Crippen LogP contribution in [0.3, 0.4) is 0 Å². The monoisotopic (exact) mass is 182 g/mol. The lowest BCUT2D eigenvalue weighted by atomic mass is 10.4. The highest BCUT2D eigenvalue weighted by molar-refractivity contribution is 5.82. The molecule has 0 spiro atoms. The molecule has 0 aliphatic carbocycles. The van der Waals surface area contributed by atoms with Crippen molar-refractivity contribution >= 4 is 5.97 Å². The maximum absolute atomic E-state index is 10.9. The van der Waals surface area contributed by atoms with Crippen molar-refractivity contribution < 1.29 is 9.53 Å². The molecule has 4 nitrogen and oxygen atoms in total. The van der Waals surface area contributed by atoms with Crippen LogP contribution in [0.2, 0.25) is 0 Å². The van der Waals surface area contributed by atoms with E-state index in [0.29, 0.717) is 25.3 Å². The third-order valence-corrected chi connectivity index (χ3v) is 1.26. The Balaban J connectivity index is 3.75. The van der Waals surface area contributed by atoms with Gasteiger partial charge in [-0.2, -0.15) is 5.26 Å². The fraction of sp³-hybridized carbons (Fsp3) is 0.556. The first-order valence-corrected chi connectivity index (χ1v) is 4.16. The molecule has 0 rings (SSSR count). The SMILES string of the molecule is CCOC(=O)/C=C(\C)NCCC#N. The molecular weight excluding hydrogens is 168 g/mol. The van der Waals surface area contributed by atoms with Crippen molar-refractivity contribution in [3.8, 4) is 6.07 Å². The van der Waals surface area contributed by atoms with Crippen molar-refractivity contribution in [2.24, 2.45) is 0 Å². The van der Waals surface area contributed by atoms with Crippen molar-refractivity contribution in [1.29, 1.82) is 5.26 Å². The van der Waals surface area contributed by atoms with Gasteiger partial charge in [-0.05, 0) is 13.8 Å². The van der Waals surface area contributed by atoms with Crippen molar-refractivity contribution in [1.82, 2.24) is 5.32 Å². The first kappa shape index (κ1) is 11.5. The number of nitriles is 1. The number of nitrogens with one attached hydrogen (secondary N) is 1. The van der Waals surface area contributed by atoms with Gasteiger partial charge in [0.25, 0.3) is 0 Å². The molecule has 0 unspecified atom stereocenters. The van der Waals surface area contributed by atoms with E-state index >= 15 is 0 Å². The Hall–Kier alpha value is -1.50. The van der Waals surface area contributed by atoms with Crippen LogP contribution >= 0.6 is 0 Å². The number of esters is 1. The standard InChI is InChI=1S/C9H14N2O2/c1-3-13-9(12)7-8(2)11-6-4-5-10/h7,11H,3-4,6H2,1-2H3/b8-7+. The summed E-state index contributed by atoms with van der Waals surface area (Å²) in [5, 5.41) is 11.2. The lowest BCUT2D eigenvalue weighted by Crippen LogP contribution is -2.14. The highest BCUT2D eigenvalue weighted by atomic mass is 16.5. The predicted molar refractivity (Wildman–Crippen MR) is 48.6 cm³/mol. The number of ether oxygens (including phenoxy) is 1. The normalized spacial score (nSPS) is 10.4. The summed E-state index contributed by atoms with van der Waals surface area (Å²) < 4.78 is 4.70. The van der Waals surface area contributed by atoms with Crippen LogP contribution < -0.4 is 5.32 Å². The van der Waals surface area contributed by atoms with Crippen molar-refractivity contribution in [2.45, 2.75) is 20.3 Å². The minimum absolute atomic E-state index is 0.357. The van der Waals surface area contributed by atoms with Gasteiger partial charge < -0.3 is 10.1 Å². The topological polar surface area (TPSA) is 62.1 Å². The molecule has 13 heavy (non-hydrogen) atoms. The van der Waals surface area contributed by atoms with Crippen LogP contribution in [0.4, 0.5) is 0 Å². The Morgan fingerprint density at radius 1 is 1.69 bits per heavy atom. The van der Waals surface area contributed by atoms with Gasteiger partial charge in [-0.15, -0.1) is 0 Å². The van der Waals surface area contributed by atoms with Gasteiger partial charge in [0, 0.05) is 18.3 Å². The van der Waals surface area contributed by atoms with Gasteiger partial charge in [-0.25, -0.2) is 4.79 Å². The van der Waals surface area contributed by atoms with E-state index in [9.17, 15) is 4.79 Å². The zero-order valence-electron chi connectivity index (χ0n) is 7.96. The van der Waals surface area contributed by atoms with E-state index in [4.69, 9.17) is 10.00 Å². The second-order valence-corrected chi connectivity index (χ2v) is 2.41. The second-order valence-electron chi connectivity index (χ2n) is 2.41. The van der Waals surface area contributed by atoms with Crippen LogP contribution in [0, 0.1) is 11.3 Å². The van der Waals surface area contributed by atoms with E-state index in [1.165, 1.54) is 6.08 Å². The zero-order valence-corrected chi connectivity index (χ0v) is 7.96. The molecule has 0 aromatic rings. The average Bonchev–Trinajstić information content (AvgIpc) is 2.05. The third kappa shape index (κ3) is 6.88. The van der Waals surface area contributed by atoms with Crippen LogP contribution in [0.25, 0.3) is 0 Å². The maximum Gasteiger partial charge on any atom is 0.332 e. The molecule has 0 fully saturated rings. The third-order valence-electron chi connectivity index (χ3n) is 1.26. The van der Waals surface area contributed by atoms with E-state index in [2.05, 4.69) is 5.32 Å². The average molecular weight is 182 g/mol. The number of allylic oxidation sites excluding steroid dienone is 1. The number of nitrogens with zero attached hydrogens (tertiary/aromatic N) is 1. The van der Waals surface area contributed by atoms with E-state index < -0.39 is 0 Å². The summed E-state index contributed by atoms with van der Waals surface area (Å²) in [5.74, 6) is -0.357. The van der Waals surface area contributed by atoms with Crippen molar-refractivity contribution in [3.63, 3.8) is 0 Å². The minimum atomic E-state index is -0.357. The Morgan fingerprint density at radius 2 is 2.38 bits per heavy atom. The number of hydrogen-bond donors (Lipinski definition) is 1. The first-order valence-electron chi connectivity index (χ1n) is 4.16. The number of carbonyl (C=O) groups excluding carboxylic acids is 1. The lowest BCUT2D eigenvalue weighted by Gasteiger charge is -2.02. The number of rotatable bonds is 5. The van der Waals surface area contributed by atoms with Gasteiger partial charge in [-0.3, -0.25) is 0 Å². The largest absolute Gasteiger partial charge is 0.463 e. The van der Waals surface area contributed by atoms with Crippen LogP contribution in [-0.2, 0) is 9.53 Å². The summed E-state index contributed by atoms with van der Waals surface area (Å²) in [5.41, 5.74) is 0.716. The Morgan fingerprint density at radius 3 is 2.92 bits per heavy atom. The molecule has 0 aromatic carbocycles. The lowest BCUT2D eigenvalue weighted by molar-refractivity contribution is -0.137. The Bertz CT molecular complexity index is 228. The van der Waals surface area contributed by atoms with Gasteiger partial charge in [0.05, 0.1) is 19.1 Å². The molecule has 0 radical (unpaired) electrons. The molecule has 0 amide bonds. The van der Waals surface area contributed by atoms with E-state index in [1.54, 1.807) is 13.8 Å². The van der Waals surface area contributed by atoms with Crippen molar-refractivity contribution in [2.75, 3.05) is 13.2 Å². The van der Waals surface area contributed by atoms with Gasteiger partial charge >= 0.3 is 5.97 Å². The second kappa shape index (κ2) is 7.17. The summed E-state index contributed by atoms with van der Waals surface area (Å²) in [6.45, 7) is 4.44. The smallest absolute Gasteiger partial charge is 0.332 e. The summed E-state index contributed by atoms with van der Waals surface area (Å²) in [6.07, 6.45) is 1.80. The molecule has 4 heteroatoms. The summed E-state index contributed by atoms with van der Waals surface area (Å²) >= 11 is 0. The molecule has 0 aliphatic rings. The molecule has 0 atom stereocenters. The van der Waals surface area contributed by atoms with E-state index in [1.807, 2.05) is 6.07 Å². The van der Waals surface area contributed by atoms with Crippen LogP contribution in [0.15, 0.2) is 11.8 Å². The molecule has 1 N–H and O–H groups in total. The quantitative estimate of drug-likeness (QED) is 0.391. The molecule has 0 bridgehead atoms. The van der Waals surface area contributed by atoms with Crippen LogP contribution in [-0.4, -0.2) is 19.1 Å². The predicted octanol–water partition coefficient (Wildman–Crippen LogP) is 0.957. The number of carbonyl (C=O) groups is 1.